The molecule has 6 heteroatoms. The van der Waals surface area contributed by atoms with Gasteiger partial charge in [0.25, 0.3) is 0 Å². The number of carbonyl (C=O) groups is 2. The molecule has 5 atom stereocenters. The average molecular weight is 396 g/mol. The van der Waals surface area contributed by atoms with E-state index in [-0.39, 0.29) is 12.0 Å². The quantitative estimate of drug-likeness (QED) is 0.624. The SMILES string of the molecule is CC[C@H]1C[C@H]2C[C@H]3c4c(c5cc(OC(C)=O)ccc5n4C(=O)NC)CCN(C2)C13. The number of hydrogen-bond acceptors (Lipinski definition) is 4. The Morgan fingerprint density at radius 1 is 1.28 bits per heavy atom. The molecule has 4 aliphatic rings. The Hall–Kier alpha value is -2.34. The van der Waals surface area contributed by atoms with Gasteiger partial charge in [0.15, 0.2) is 0 Å². The van der Waals surface area contributed by atoms with E-state index in [9.17, 15) is 9.59 Å². The number of ether oxygens (including phenoxy) is 1. The Morgan fingerprint density at radius 2 is 2.10 bits per heavy atom. The molecular weight excluding hydrogens is 366 g/mol. The highest BCUT2D eigenvalue weighted by molar-refractivity contribution is 5.96. The van der Waals surface area contributed by atoms with Gasteiger partial charge in [0.05, 0.1) is 5.52 Å². The molecule has 154 valence electrons. The van der Waals surface area contributed by atoms with Crippen LogP contribution >= 0.6 is 0 Å². The van der Waals surface area contributed by atoms with Crippen molar-refractivity contribution in [2.45, 2.75) is 51.5 Å². The van der Waals surface area contributed by atoms with Crippen LogP contribution in [0.5, 0.6) is 5.75 Å². The lowest BCUT2D eigenvalue weighted by Gasteiger charge is -2.53. The van der Waals surface area contributed by atoms with Gasteiger partial charge in [-0.15, -0.1) is 0 Å². The molecule has 1 aromatic carbocycles. The van der Waals surface area contributed by atoms with Crippen LogP contribution in [0.3, 0.4) is 0 Å². The van der Waals surface area contributed by atoms with E-state index in [1.807, 2.05) is 16.7 Å². The molecule has 1 N–H and O–H groups in total. The van der Waals surface area contributed by atoms with Gasteiger partial charge in [0.2, 0.25) is 0 Å². The van der Waals surface area contributed by atoms with Crippen molar-refractivity contribution in [3.05, 3.63) is 29.5 Å². The summed E-state index contributed by atoms with van der Waals surface area (Å²) in [7, 11) is 1.69. The van der Waals surface area contributed by atoms with Crippen molar-refractivity contribution in [3.8, 4) is 5.75 Å². The fourth-order valence-electron chi connectivity index (χ4n) is 6.39. The van der Waals surface area contributed by atoms with Gasteiger partial charge in [-0.1, -0.05) is 13.3 Å². The summed E-state index contributed by atoms with van der Waals surface area (Å²) in [6, 6.07) is 6.09. The van der Waals surface area contributed by atoms with Crippen LogP contribution in [0.1, 0.15) is 50.3 Å². The predicted octanol–water partition coefficient (Wildman–Crippen LogP) is 3.51. The maximum atomic E-state index is 13.0. The Balaban J connectivity index is 1.73. The molecule has 1 amide bonds. The minimum absolute atomic E-state index is 0.0839. The maximum Gasteiger partial charge on any atom is 0.326 e. The molecule has 1 aromatic heterocycles. The van der Waals surface area contributed by atoms with Crippen molar-refractivity contribution in [2.75, 3.05) is 20.1 Å². The Labute approximate surface area is 171 Å². The largest absolute Gasteiger partial charge is 0.427 e. The summed E-state index contributed by atoms with van der Waals surface area (Å²) in [4.78, 5) is 27.2. The number of rotatable bonds is 2. The smallest absolute Gasteiger partial charge is 0.326 e. The highest BCUT2D eigenvalue weighted by Crippen LogP contribution is 2.52. The number of benzene rings is 1. The topological polar surface area (TPSA) is 63.6 Å². The second-order valence-corrected chi connectivity index (χ2v) is 8.87. The summed E-state index contributed by atoms with van der Waals surface area (Å²) in [5, 5.41) is 3.89. The van der Waals surface area contributed by atoms with Crippen LogP contribution in [0.15, 0.2) is 18.2 Å². The molecule has 2 saturated heterocycles. The van der Waals surface area contributed by atoms with Crippen molar-refractivity contribution >= 4 is 22.9 Å². The second-order valence-electron chi connectivity index (χ2n) is 8.87. The van der Waals surface area contributed by atoms with E-state index < -0.39 is 0 Å². The highest BCUT2D eigenvalue weighted by Gasteiger charge is 2.49. The first-order valence-electron chi connectivity index (χ1n) is 10.8. The van der Waals surface area contributed by atoms with E-state index in [4.69, 9.17) is 4.74 Å². The van der Waals surface area contributed by atoms with Crippen molar-refractivity contribution in [2.24, 2.45) is 11.8 Å². The van der Waals surface area contributed by atoms with Crippen molar-refractivity contribution in [1.82, 2.24) is 14.8 Å². The van der Waals surface area contributed by atoms with Gasteiger partial charge in [-0.05, 0) is 54.9 Å². The van der Waals surface area contributed by atoms with Gasteiger partial charge in [-0.2, -0.15) is 0 Å². The molecule has 4 bridgehead atoms. The Bertz CT molecular complexity index is 995. The van der Waals surface area contributed by atoms with E-state index in [1.54, 1.807) is 13.1 Å². The van der Waals surface area contributed by atoms with Crippen LogP contribution < -0.4 is 10.1 Å². The summed E-state index contributed by atoms with van der Waals surface area (Å²) < 4.78 is 7.26. The molecule has 6 nitrogen and oxygen atoms in total. The zero-order valence-corrected chi connectivity index (χ0v) is 17.4. The van der Waals surface area contributed by atoms with Gasteiger partial charge in [-0.3, -0.25) is 14.3 Å². The molecule has 0 radical (unpaired) electrons. The molecule has 2 unspecified atom stereocenters. The van der Waals surface area contributed by atoms with Gasteiger partial charge in [-0.25, -0.2) is 4.79 Å². The van der Waals surface area contributed by atoms with Crippen LogP contribution in [-0.4, -0.2) is 47.6 Å². The van der Waals surface area contributed by atoms with Gasteiger partial charge in [0.1, 0.15) is 5.75 Å². The van der Waals surface area contributed by atoms with Crippen molar-refractivity contribution in [1.29, 1.82) is 0 Å². The standard InChI is InChI=1S/C23H29N3O3/c1-4-15-9-14-10-19-21(15)25(12-14)8-7-17-18-11-16(29-13(2)27)5-6-20(18)26(22(17)19)23(28)24-3/h5-6,11,14-15,19,21H,4,7-10,12H2,1-3H3,(H,24,28)/t14-,15-,19+,21?/m0/s1. The van der Waals surface area contributed by atoms with Crippen LogP contribution in [0, 0.1) is 11.8 Å². The summed E-state index contributed by atoms with van der Waals surface area (Å²) in [5.74, 6) is 2.01. The van der Waals surface area contributed by atoms with E-state index in [0.29, 0.717) is 29.5 Å². The first-order chi connectivity index (χ1) is 14.0. The lowest BCUT2D eigenvalue weighted by Crippen LogP contribution is -2.56. The zero-order chi connectivity index (χ0) is 20.3. The summed E-state index contributed by atoms with van der Waals surface area (Å²) in [6.07, 6.45) is 4.60. The van der Waals surface area contributed by atoms with Crippen LogP contribution in [0.25, 0.3) is 10.9 Å². The van der Waals surface area contributed by atoms with Crippen LogP contribution in [0.2, 0.25) is 0 Å². The Morgan fingerprint density at radius 3 is 2.83 bits per heavy atom. The van der Waals surface area contributed by atoms with Crippen LogP contribution in [-0.2, 0) is 11.2 Å². The average Bonchev–Trinajstić information content (AvgIpc) is 2.98. The van der Waals surface area contributed by atoms with E-state index in [0.717, 1.165) is 30.3 Å². The fourth-order valence-corrected chi connectivity index (χ4v) is 6.39. The first kappa shape index (κ1) is 18.7. The van der Waals surface area contributed by atoms with Crippen molar-refractivity contribution < 1.29 is 14.3 Å². The third-order valence-electron chi connectivity index (χ3n) is 7.32. The predicted molar refractivity (Wildman–Crippen MR) is 111 cm³/mol. The number of nitrogens with one attached hydrogen (secondary N) is 1. The number of esters is 1. The third kappa shape index (κ3) is 2.80. The molecule has 0 spiro atoms. The number of nitrogens with zero attached hydrogens (tertiary/aromatic N) is 2. The van der Waals surface area contributed by atoms with Gasteiger partial charge in [0, 0.05) is 50.1 Å². The molecule has 4 heterocycles. The molecule has 1 saturated carbocycles. The lowest BCUT2D eigenvalue weighted by atomic mass is 9.65. The fraction of sp³-hybridized carbons (Fsp3) is 0.565. The number of aromatic nitrogens is 1. The molecule has 1 aliphatic carbocycles. The molecule has 2 aromatic rings. The molecule has 3 aliphatic heterocycles. The van der Waals surface area contributed by atoms with E-state index >= 15 is 0 Å². The number of amides is 1. The van der Waals surface area contributed by atoms with Gasteiger partial charge < -0.3 is 10.1 Å². The summed E-state index contributed by atoms with van der Waals surface area (Å²) in [5.41, 5.74) is 3.36. The van der Waals surface area contributed by atoms with Gasteiger partial charge >= 0.3 is 12.0 Å². The minimum Gasteiger partial charge on any atom is -0.427 e. The normalized spacial score (nSPS) is 30.0. The van der Waals surface area contributed by atoms with E-state index in [1.165, 1.54) is 37.6 Å². The molecule has 3 fully saturated rings. The van der Waals surface area contributed by atoms with E-state index in [2.05, 4.69) is 17.1 Å². The maximum absolute atomic E-state index is 13.0. The number of piperidine rings is 2. The lowest BCUT2D eigenvalue weighted by molar-refractivity contribution is -0.131. The molecular formula is C23H29N3O3. The number of carbonyl (C=O) groups excluding carboxylic acids is 2. The molecule has 6 rings (SSSR count). The number of fused-ring (bicyclic) bond motifs is 4. The monoisotopic (exact) mass is 395 g/mol. The number of hydrogen-bond donors (Lipinski definition) is 1. The Kier molecular flexibility index (Phi) is 4.42. The zero-order valence-electron chi connectivity index (χ0n) is 17.4. The first-order valence-corrected chi connectivity index (χ1v) is 10.8. The minimum atomic E-state index is -0.328. The third-order valence-corrected chi connectivity index (χ3v) is 7.32. The highest BCUT2D eigenvalue weighted by atomic mass is 16.5. The van der Waals surface area contributed by atoms with Crippen molar-refractivity contribution in [3.63, 3.8) is 0 Å². The summed E-state index contributed by atoms with van der Waals surface area (Å²) >= 11 is 0. The molecule has 29 heavy (non-hydrogen) atoms. The summed E-state index contributed by atoms with van der Waals surface area (Å²) in [6.45, 7) is 5.95. The van der Waals surface area contributed by atoms with Crippen LogP contribution in [0.4, 0.5) is 4.79 Å². The second kappa shape index (κ2) is 6.87.